The van der Waals surface area contributed by atoms with Gasteiger partial charge in [0.1, 0.15) is 6.61 Å². The summed E-state index contributed by atoms with van der Waals surface area (Å²) in [5.41, 5.74) is 0.896. The molecule has 0 radical (unpaired) electrons. The third-order valence-corrected chi connectivity index (χ3v) is 5.08. The molecule has 0 aliphatic carbocycles. The molecule has 30 heavy (non-hydrogen) atoms. The van der Waals surface area contributed by atoms with Gasteiger partial charge < -0.3 is 24.6 Å². The molecule has 2 rings (SSSR count). The van der Waals surface area contributed by atoms with Crippen LogP contribution in [0.1, 0.15) is 32.3 Å². The lowest BCUT2D eigenvalue weighted by molar-refractivity contribution is -0.143. The Kier molecular flexibility index (Phi) is 7.75. The van der Waals surface area contributed by atoms with Crippen molar-refractivity contribution in [1.82, 2.24) is 5.32 Å². The van der Waals surface area contributed by atoms with Crippen molar-refractivity contribution >= 4 is 41.3 Å². The number of esters is 2. The van der Waals surface area contributed by atoms with Gasteiger partial charge in [0, 0.05) is 5.70 Å². The molecule has 0 bridgehead atoms. The number of dihydropyridines is 1. The maximum absolute atomic E-state index is 13.0. The molecule has 1 aromatic rings. The fourth-order valence-electron chi connectivity index (χ4n) is 3.10. The average Bonchev–Trinajstić information content (AvgIpc) is 2.66. The predicted molar refractivity (Wildman–Crippen MR) is 109 cm³/mol. The summed E-state index contributed by atoms with van der Waals surface area (Å²) < 4.78 is 14.9. The van der Waals surface area contributed by atoms with Gasteiger partial charge in [0.15, 0.2) is 0 Å². The Morgan fingerprint density at radius 1 is 1.17 bits per heavy atom. The van der Waals surface area contributed by atoms with Gasteiger partial charge in [-0.15, -0.1) is 0 Å². The number of hydrogen-bond acceptors (Lipinski definition) is 7. The zero-order valence-electron chi connectivity index (χ0n) is 16.7. The lowest BCUT2D eigenvalue weighted by Crippen LogP contribution is -2.35. The molecule has 1 aromatic carbocycles. The van der Waals surface area contributed by atoms with E-state index in [4.69, 9.17) is 37.8 Å². The van der Waals surface area contributed by atoms with E-state index >= 15 is 0 Å². The van der Waals surface area contributed by atoms with Gasteiger partial charge in [0.2, 0.25) is 0 Å². The summed E-state index contributed by atoms with van der Waals surface area (Å²) in [4.78, 5) is 36.6. The summed E-state index contributed by atoms with van der Waals surface area (Å²) in [6.07, 6.45) is -2.01. The quantitative estimate of drug-likeness (QED) is 0.486. The molecule has 8 nitrogen and oxygen atoms in total. The van der Waals surface area contributed by atoms with Gasteiger partial charge in [-0.1, -0.05) is 35.3 Å². The summed E-state index contributed by atoms with van der Waals surface area (Å²) in [5.74, 6) is -2.49. The number of carbonyl (C=O) groups excluding carboxylic acids is 2. The highest BCUT2D eigenvalue weighted by atomic mass is 35.5. The van der Waals surface area contributed by atoms with Crippen LogP contribution < -0.4 is 5.32 Å². The number of carboxylic acid groups (broad SMARTS) is 1. The van der Waals surface area contributed by atoms with Crippen molar-refractivity contribution in [2.75, 3.05) is 13.7 Å². The van der Waals surface area contributed by atoms with Crippen molar-refractivity contribution in [3.63, 3.8) is 0 Å². The molecular weight excluding hydrogens is 437 g/mol. The third-order valence-electron chi connectivity index (χ3n) is 4.25. The smallest absolute Gasteiger partial charge is 0.466 e. The molecule has 0 spiro atoms. The van der Waals surface area contributed by atoms with E-state index in [0.29, 0.717) is 11.3 Å². The van der Waals surface area contributed by atoms with E-state index in [2.05, 4.69) is 10.1 Å². The van der Waals surface area contributed by atoms with Crippen LogP contribution in [0.4, 0.5) is 4.79 Å². The molecule has 1 unspecified atom stereocenters. The molecule has 0 fully saturated rings. The van der Waals surface area contributed by atoms with Gasteiger partial charge in [0.25, 0.3) is 0 Å². The van der Waals surface area contributed by atoms with Crippen LogP contribution in [-0.2, 0) is 23.8 Å². The van der Waals surface area contributed by atoms with Crippen LogP contribution >= 0.6 is 23.2 Å². The minimum Gasteiger partial charge on any atom is -0.466 e. The van der Waals surface area contributed by atoms with E-state index in [1.54, 1.807) is 39.0 Å². The number of allylic oxidation sites excluding steroid dienone is 1. The molecule has 10 heteroatoms. The maximum Gasteiger partial charge on any atom is 0.506 e. The number of hydrogen-bond donors (Lipinski definition) is 2. The summed E-state index contributed by atoms with van der Waals surface area (Å²) in [6, 6.07) is 4.79. The van der Waals surface area contributed by atoms with Crippen LogP contribution in [0.3, 0.4) is 0 Å². The number of nitrogens with one attached hydrogen (secondary N) is 1. The molecule has 162 valence electrons. The highest BCUT2D eigenvalue weighted by molar-refractivity contribution is 6.42. The van der Waals surface area contributed by atoms with Crippen molar-refractivity contribution in [2.24, 2.45) is 0 Å². The van der Waals surface area contributed by atoms with Gasteiger partial charge in [0.05, 0.1) is 46.0 Å². The first-order valence-electron chi connectivity index (χ1n) is 8.88. The molecule has 1 atom stereocenters. The van der Waals surface area contributed by atoms with E-state index in [1.807, 2.05) is 0 Å². The van der Waals surface area contributed by atoms with Crippen molar-refractivity contribution in [1.29, 1.82) is 0 Å². The van der Waals surface area contributed by atoms with Crippen molar-refractivity contribution in [2.45, 2.75) is 32.8 Å². The van der Waals surface area contributed by atoms with Crippen LogP contribution in [0, 0.1) is 0 Å². The standard InChI is InChI=1S/C20H21Cl2NO7/c1-9(2)30-19(25)16-13(8-29-20(26)27)23-10(3)14(18(24)28-4)15(16)11-6-5-7-12(21)17(11)22/h5-7,9,15,23H,8H2,1-4H3,(H,26,27). The summed E-state index contributed by atoms with van der Waals surface area (Å²) in [5, 5.41) is 12.1. The number of rotatable bonds is 6. The van der Waals surface area contributed by atoms with Crippen LogP contribution in [-0.4, -0.2) is 43.0 Å². The summed E-state index contributed by atoms with van der Waals surface area (Å²) in [6.45, 7) is 4.43. The molecule has 1 heterocycles. The highest BCUT2D eigenvalue weighted by Gasteiger charge is 2.40. The average molecular weight is 458 g/mol. The lowest BCUT2D eigenvalue weighted by Gasteiger charge is -2.32. The van der Waals surface area contributed by atoms with Crippen molar-refractivity contribution in [3.05, 3.63) is 56.3 Å². The fourth-order valence-corrected chi connectivity index (χ4v) is 3.51. The van der Waals surface area contributed by atoms with Crippen molar-refractivity contribution < 1.29 is 33.7 Å². The van der Waals surface area contributed by atoms with E-state index < -0.39 is 36.7 Å². The van der Waals surface area contributed by atoms with E-state index in [9.17, 15) is 14.4 Å². The predicted octanol–water partition coefficient (Wildman–Crippen LogP) is 4.03. The molecule has 1 aliphatic heterocycles. The first-order chi connectivity index (χ1) is 14.1. The minimum atomic E-state index is -1.53. The Bertz CT molecular complexity index is 937. The molecule has 0 amide bonds. The largest absolute Gasteiger partial charge is 0.506 e. The number of halogens is 2. The first-order valence-corrected chi connectivity index (χ1v) is 9.63. The van der Waals surface area contributed by atoms with E-state index in [0.717, 1.165) is 0 Å². The normalized spacial score (nSPS) is 16.3. The Morgan fingerprint density at radius 3 is 2.40 bits per heavy atom. The topological polar surface area (TPSA) is 111 Å². The van der Waals surface area contributed by atoms with Crippen LogP contribution in [0.5, 0.6) is 0 Å². The molecule has 0 aromatic heterocycles. The number of benzene rings is 1. The molecule has 0 saturated heterocycles. The van der Waals surface area contributed by atoms with E-state index in [1.165, 1.54) is 7.11 Å². The highest BCUT2D eigenvalue weighted by Crippen LogP contribution is 2.43. The summed E-state index contributed by atoms with van der Waals surface area (Å²) >= 11 is 12.6. The Morgan fingerprint density at radius 2 is 1.83 bits per heavy atom. The van der Waals surface area contributed by atoms with Gasteiger partial charge in [-0.3, -0.25) is 0 Å². The lowest BCUT2D eigenvalue weighted by atomic mass is 9.80. The van der Waals surface area contributed by atoms with Gasteiger partial charge in [-0.2, -0.15) is 0 Å². The monoisotopic (exact) mass is 457 g/mol. The first kappa shape index (κ1) is 23.6. The Hall–Kier alpha value is -2.71. The minimum absolute atomic E-state index is 0.0277. The van der Waals surface area contributed by atoms with Crippen LogP contribution in [0.15, 0.2) is 40.7 Å². The molecule has 0 saturated carbocycles. The molecule has 2 N–H and O–H groups in total. The van der Waals surface area contributed by atoms with Gasteiger partial charge >= 0.3 is 18.1 Å². The summed E-state index contributed by atoms with van der Waals surface area (Å²) in [7, 11) is 1.21. The third kappa shape index (κ3) is 5.06. The SMILES string of the molecule is COC(=O)C1=C(C)NC(COC(=O)O)=C(C(=O)OC(C)C)C1c1cccc(Cl)c1Cl. The zero-order chi connectivity index (χ0) is 22.6. The van der Waals surface area contributed by atoms with Crippen LogP contribution in [0.25, 0.3) is 0 Å². The van der Waals surface area contributed by atoms with Crippen LogP contribution in [0.2, 0.25) is 10.0 Å². The van der Waals surface area contributed by atoms with Gasteiger partial charge in [-0.25, -0.2) is 14.4 Å². The second-order valence-corrected chi connectivity index (χ2v) is 7.42. The molecule has 1 aliphatic rings. The maximum atomic E-state index is 13.0. The van der Waals surface area contributed by atoms with Gasteiger partial charge in [-0.05, 0) is 32.4 Å². The second-order valence-electron chi connectivity index (χ2n) is 6.63. The Labute approximate surface area is 183 Å². The number of ether oxygens (including phenoxy) is 3. The number of carbonyl (C=O) groups is 3. The molecular formula is C20H21Cl2NO7. The zero-order valence-corrected chi connectivity index (χ0v) is 18.3. The fraction of sp³-hybridized carbons (Fsp3) is 0.350. The Balaban J connectivity index is 2.78. The number of methoxy groups -OCH3 is 1. The van der Waals surface area contributed by atoms with E-state index in [-0.39, 0.29) is 26.9 Å². The second kappa shape index (κ2) is 9.86. The van der Waals surface area contributed by atoms with Crippen molar-refractivity contribution in [3.8, 4) is 0 Å².